The standard InChI is InChI=1S/C17H22N2O2/c1-11(2)8-9-12(3)19-17(21)15-10-18-16(20)14-7-5-4-6-13(14)15/h4-7,10-12H,8-9H2,1-3H3,(H,18,20)(H,19,21)/t12-/m1/s1. The highest BCUT2D eigenvalue weighted by Gasteiger charge is 2.14. The van der Waals surface area contributed by atoms with Crippen LogP contribution in [0.2, 0.25) is 0 Å². The topological polar surface area (TPSA) is 62.0 Å². The highest BCUT2D eigenvalue weighted by Crippen LogP contribution is 2.15. The van der Waals surface area contributed by atoms with E-state index in [0.29, 0.717) is 22.3 Å². The van der Waals surface area contributed by atoms with E-state index in [1.165, 1.54) is 6.20 Å². The lowest BCUT2D eigenvalue weighted by atomic mass is 10.0. The Morgan fingerprint density at radius 3 is 2.48 bits per heavy atom. The number of aromatic amines is 1. The minimum Gasteiger partial charge on any atom is -0.350 e. The lowest BCUT2D eigenvalue weighted by Crippen LogP contribution is -2.33. The zero-order valence-corrected chi connectivity index (χ0v) is 12.8. The normalized spacial score (nSPS) is 12.6. The molecule has 0 aliphatic carbocycles. The number of aromatic nitrogens is 1. The molecule has 4 heteroatoms. The van der Waals surface area contributed by atoms with Crippen LogP contribution in [0.1, 0.15) is 44.0 Å². The molecule has 2 N–H and O–H groups in total. The summed E-state index contributed by atoms with van der Waals surface area (Å²) in [5.74, 6) is 0.483. The Labute approximate surface area is 124 Å². The third-order valence-corrected chi connectivity index (χ3v) is 3.61. The molecule has 112 valence electrons. The van der Waals surface area contributed by atoms with Crippen LogP contribution >= 0.6 is 0 Å². The van der Waals surface area contributed by atoms with Crippen LogP contribution in [-0.4, -0.2) is 16.9 Å². The zero-order chi connectivity index (χ0) is 15.4. The number of rotatable bonds is 5. The van der Waals surface area contributed by atoms with E-state index < -0.39 is 0 Å². The first kappa shape index (κ1) is 15.3. The van der Waals surface area contributed by atoms with Crippen molar-refractivity contribution in [3.8, 4) is 0 Å². The van der Waals surface area contributed by atoms with Gasteiger partial charge in [-0.15, -0.1) is 0 Å². The predicted octanol–water partition coefficient (Wildman–Crippen LogP) is 3.08. The van der Waals surface area contributed by atoms with Crippen molar-refractivity contribution < 1.29 is 4.79 Å². The first-order valence-electron chi connectivity index (χ1n) is 7.40. The second kappa shape index (κ2) is 6.57. The molecule has 1 aromatic heterocycles. The molecule has 1 aromatic carbocycles. The van der Waals surface area contributed by atoms with E-state index in [2.05, 4.69) is 24.1 Å². The molecule has 0 saturated heterocycles. The third kappa shape index (κ3) is 3.72. The van der Waals surface area contributed by atoms with Crippen LogP contribution in [0.3, 0.4) is 0 Å². The summed E-state index contributed by atoms with van der Waals surface area (Å²) in [7, 11) is 0. The van der Waals surface area contributed by atoms with Crippen molar-refractivity contribution in [2.45, 2.75) is 39.7 Å². The summed E-state index contributed by atoms with van der Waals surface area (Å²) in [6.07, 6.45) is 3.52. The van der Waals surface area contributed by atoms with Crippen molar-refractivity contribution in [2.75, 3.05) is 0 Å². The van der Waals surface area contributed by atoms with Gasteiger partial charge in [0, 0.05) is 23.0 Å². The van der Waals surface area contributed by atoms with E-state index in [0.717, 1.165) is 12.8 Å². The molecule has 0 saturated carbocycles. The third-order valence-electron chi connectivity index (χ3n) is 3.61. The predicted molar refractivity (Wildman–Crippen MR) is 85.6 cm³/mol. The summed E-state index contributed by atoms with van der Waals surface area (Å²) in [6.45, 7) is 6.35. The molecule has 2 rings (SSSR count). The monoisotopic (exact) mass is 286 g/mol. The van der Waals surface area contributed by atoms with E-state index in [4.69, 9.17) is 0 Å². The van der Waals surface area contributed by atoms with Gasteiger partial charge in [0.05, 0.1) is 5.56 Å². The molecule has 0 spiro atoms. The molecule has 1 amide bonds. The van der Waals surface area contributed by atoms with Gasteiger partial charge in [0.25, 0.3) is 11.5 Å². The summed E-state index contributed by atoms with van der Waals surface area (Å²) in [6, 6.07) is 7.28. The maximum atomic E-state index is 12.4. The first-order chi connectivity index (χ1) is 9.99. The minimum absolute atomic E-state index is 0.116. The Morgan fingerprint density at radius 1 is 1.14 bits per heavy atom. The number of pyridine rings is 1. The van der Waals surface area contributed by atoms with Crippen molar-refractivity contribution in [2.24, 2.45) is 5.92 Å². The average molecular weight is 286 g/mol. The summed E-state index contributed by atoms with van der Waals surface area (Å²) >= 11 is 0. The van der Waals surface area contributed by atoms with Gasteiger partial charge in [0.2, 0.25) is 0 Å². The second-order valence-electron chi connectivity index (χ2n) is 5.92. The number of hydrogen-bond acceptors (Lipinski definition) is 2. The first-order valence-corrected chi connectivity index (χ1v) is 7.40. The van der Waals surface area contributed by atoms with Crippen molar-refractivity contribution in [3.05, 3.63) is 46.4 Å². The molecule has 4 nitrogen and oxygen atoms in total. The molecule has 21 heavy (non-hydrogen) atoms. The minimum atomic E-state index is -0.171. The average Bonchev–Trinajstić information content (AvgIpc) is 2.45. The van der Waals surface area contributed by atoms with E-state index in [1.54, 1.807) is 18.2 Å². The Bertz CT molecular complexity index is 688. The smallest absolute Gasteiger partial charge is 0.255 e. The molecule has 1 heterocycles. The maximum Gasteiger partial charge on any atom is 0.255 e. The van der Waals surface area contributed by atoms with Crippen LogP contribution in [0.4, 0.5) is 0 Å². The lowest BCUT2D eigenvalue weighted by Gasteiger charge is -2.15. The summed E-state index contributed by atoms with van der Waals surface area (Å²) in [4.78, 5) is 26.8. The summed E-state index contributed by atoms with van der Waals surface area (Å²) in [5, 5.41) is 4.23. The number of nitrogens with one attached hydrogen (secondary N) is 2. The van der Waals surface area contributed by atoms with Crippen molar-refractivity contribution in [1.82, 2.24) is 10.3 Å². The zero-order valence-electron chi connectivity index (χ0n) is 12.8. The van der Waals surface area contributed by atoms with Crippen LogP contribution in [0, 0.1) is 5.92 Å². The Hall–Kier alpha value is -2.10. The van der Waals surface area contributed by atoms with Crippen LogP contribution < -0.4 is 10.9 Å². The van der Waals surface area contributed by atoms with E-state index in [-0.39, 0.29) is 17.5 Å². The number of fused-ring (bicyclic) bond motifs is 1. The summed E-state index contributed by atoms with van der Waals surface area (Å²) < 4.78 is 0. The quantitative estimate of drug-likeness (QED) is 0.887. The van der Waals surface area contributed by atoms with Crippen LogP contribution in [0.5, 0.6) is 0 Å². The van der Waals surface area contributed by atoms with Crippen LogP contribution in [0.25, 0.3) is 10.8 Å². The Kier molecular flexibility index (Phi) is 4.78. The molecule has 1 atom stereocenters. The molecule has 0 fully saturated rings. The summed E-state index contributed by atoms with van der Waals surface area (Å²) in [5.41, 5.74) is 0.344. The van der Waals surface area contributed by atoms with Gasteiger partial charge in [0.1, 0.15) is 0 Å². The SMILES string of the molecule is CC(C)CC[C@@H](C)NC(=O)c1c[nH]c(=O)c2ccccc12. The molecule has 2 aromatic rings. The Morgan fingerprint density at radius 2 is 1.81 bits per heavy atom. The lowest BCUT2D eigenvalue weighted by molar-refractivity contribution is 0.0938. The fourth-order valence-electron chi connectivity index (χ4n) is 2.35. The highest BCUT2D eigenvalue weighted by molar-refractivity contribution is 6.06. The van der Waals surface area contributed by atoms with Crippen LogP contribution in [-0.2, 0) is 0 Å². The number of benzene rings is 1. The van der Waals surface area contributed by atoms with Gasteiger partial charge in [-0.2, -0.15) is 0 Å². The molecular formula is C17H22N2O2. The molecule has 0 bridgehead atoms. The number of H-pyrrole nitrogens is 1. The van der Waals surface area contributed by atoms with Gasteiger partial charge in [-0.3, -0.25) is 9.59 Å². The second-order valence-corrected chi connectivity index (χ2v) is 5.92. The van der Waals surface area contributed by atoms with Gasteiger partial charge < -0.3 is 10.3 Å². The molecule has 0 aliphatic rings. The maximum absolute atomic E-state index is 12.4. The van der Waals surface area contributed by atoms with Gasteiger partial charge in [-0.05, 0) is 31.7 Å². The van der Waals surface area contributed by atoms with Gasteiger partial charge in [-0.25, -0.2) is 0 Å². The molecule has 0 unspecified atom stereocenters. The Balaban J connectivity index is 2.20. The number of hydrogen-bond donors (Lipinski definition) is 2. The van der Waals surface area contributed by atoms with Gasteiger partial charge in [-0.1, -0.05) is 32.0 Å². The van der Waals surface area contributed by atoms with Crippen molar-refractivity contribution >= 4 is 16.7 Å². The number of carbonyl (C=O) groups is 1. The van der Waals surface area contributed by atoms with Crippen molar-refractivity contribution in [1.29, 1.82) is 0 Å². The fourth-order valence-corrected chi connectivity index (χ4v) is 2.35. The van der Waals surface area contributed by atoms with E-state index in [9.17, 15) is 9.59 Å². The van der Waals surface area contributed by atoms with E-state index in [1.807, 2.05) is 13.0 Å². The molecular weight excluding hydrogens is 264 g/mol. The van der Waals surface area contributed by atoms with Crippen LogP contribution in [0.15, 0.2) is 35.3 Å². The molecule has 0 radical (unpaired) electrons. The number of amides is 1. The molecule has 0 aliphatic heterocycles. The largest absolute Gasteiger partial charge is 0.350 e. The fraction of sp³-hybridized carbons (Fsp3) is 0.412. The van der Waals surface area contributed by atoms with E-state index >= 15 is 0 Å². The van der Waals surface area contributed by atoms with Crippen molar-refractivity contribution in [3.63, 3.8) is 0 Å². The number of carbonyl (C=O) groups excluding carboxylic acids is 1. The highest BCUT2D eigenvalue weighted by atomic mass is 16.2. The van der Waals surface area contributed by atoms with Gasteiger partial charge in [0.15, 0.2) is 0 Å². The van der Waals surface area contributed by atoms with Gasteiger partial charge >= 0.3 is 0 Å².